The maximum atomic E-state index is 12.8. The minimum absolute atomic E-state index is 0.161. The number of benzene rings is 1. The first-order valence-corrected chi connectivity index (χ1v) is 10.2. The molecule has 2 heterocycles. The molecule has 0 radical (unpaired) electrons. The molecule has 0 fully saturated rings. The van der Waals surface area contributed by atoms with Crippen molar-refractivity contribution in [3.05, 3.63) is 56.5 Å². The van der Waals surface area contributed by atoms with Crippen molar-refractivity contribution in [1.82, 2.24) is 9.13 Å². The van der Waals surface area contributed by atoms with Gasteiger partial charge in [0, 0.05) is 12.2 Å². The zero-order chi connectivity index (χ0) is 20.1. The lowest BCUT2D eigenvalue weighted by Gasteiger charge is -2.12. The average Bonchev–Trinajstić information content (AvgIpc) is 3.17. The Bertz CT molecular complexity index is 1080. The summed E-state index contributed by atoms with van der Waals surface area (Å²) in [4.78, 5) is 38.0. The van der Waals surface area contributed by atoms with Gasteiger partial charge in [0.2, 0.25) is 5.91 Å². The number of nitrogens with one attached hydrogen (secondary N) is 1. The highest BCUT2D eigenvalue weighted by molar-refractivity contribution is 7.17. The van der Waals surface area contributed by atoms with Gasteiger partial charge >= 0.3 is 5.69 Å². The normalized spacial score (nSPS) is 10.9. The zero-order valence-corrected chi connectivity index (χ0v) is 16.8. The first-order valence-electron chi connectivity index (χ1n) is 9.28. The molecule has 1 aromatic carbocycles. The monoisotopic (exact) mass is 401 g/mol. The van der Waals surface area contributed by atoms with E-state index in [1.54, 1.807) is 35.7 Å². The molecule has 0 aliphatic heterocycles. The number of ether oxygens (including phenoxy) is 1. The molecular weight excluding hydrogens is 378 g/mol. The molecule has 2 aromatic heterocycles. The summed E-state index contributed by atoms with van der Waals surface area (Å²) in [6, 6.07) is 8.74. The smallest absolute Gasteiger partial charge is 0.332 e. The van der Waals surface area contributed by atoms with Crippen molar-refractivity contribution in [2.24, 2.45) is 0 Å². The van der Waals surface area contributed by atoms with Crippen LogP contribution in [-0.2, 0) is 17.9 Å². The van der Waals surface area contributed by atoms with Crippen molar-refractivity contribution in [2.45, 2.75) is 39.8 Å². The molecule has 0 bridgehead atoms. The Balaban J connectivity index is 1.86. The third-order valence-electron chi connectivity index (χ3n) is 4.32. The number of thiophene rings is 1. The van der Waals surface area contributed by atoms with Crippen LogP contribution in [0.2, 0.25) is 0 Å². The highest BCUT2D eigenvalue weighted by Gasteiger charge is 2.16. The summed E-state index contributed by atoms with van der Waals surface area (Å²) < 4.78 is 8.47. The molecule has 1 N–H and O–H groups in total. The minimum Gasteiger partial charge on any atom is -0.494 e. The third kappa shape index (κ3) is 4.17. The van der Waals surface area contributed by atoms with Crippen LogP contribution in [0.1, 0.15) is 26.7 Å². The SMILES string of the molecule is CCCCn1c(=O)c2sccc2n(CC(=O)Nc2ccc(OCC)cc2)c1=O. The number of unbranched alkanes of at least 4 members (excludes halogenated alkanes) is 1. The number of anilines is 1. The van der Waals surface area contributed by atoms with Gasteiger partial charge in [0.15, 0.2) is 0 Å². The number of hydrogen-bond donors (Lipinski definition) is 1. The van der Waals surface area contributed by atoms with Crippen LogP contribution in [0, 0.1) is 0 Å². The van der Waals surface area contributed by atoms with E-state index in [1.165, 1.54) is 20.5 Å². The molecule has 0 spiro atoms. The van der Waals surface area contributed by atoms with Gasteiger partial charge in [-0.25, -0.2) is 4.79 Å². The molecule has 148 valence electrons. The van der Waals surface area contributed by atoms with E-state index in [4.69, 9.17) is 4.74 Å². The number of hydrogen-bond acceptors (Lipinski definition) is 5. The standard InChI is InChI=1S/C20H23N3O4S/c1-3-5-11-22-19(25)18-16(10-12-28-18)23(20(22)26)13-17(24)21-14-6-8-15(9-7-14)27-4-2/h6-10,12H,3-5,11,13H2,1-2H3,(H,21,24). The van der Waals surface area contributed by atoms with Gasteiger partial charge in [-0.3, -0.25) is 18.7 Å². The van der Waals surface area contributed by atoms with Crippen molar-refractivity contribution >= 4 is 33.1 Å². The lowest BCUT2D eigenvalue weighted by Crippen LogP contribution is -2.41. The molecule has 0 saturated carbocycles. The van der Waals surface area contributed by atoms with E-state index in [-0.39, 0.29) is 18.0 Å². The second-order valence-corrected chi connectivity index (χ2v) is 7.24. The molecule has 3 aromatic rings. The summed E-state index contributed by atoms with van der Waals surface area (Å²) in [5.41, 5.74) is 0.370. The predicted octanol–water partition coefficient (Wildman–Crippen LogP) is 3.06. The topological polar surface area (TPSA) is 82.3 Å². The molecular formula is C20H23N3O4S. The molecule has 0 aliphatic rings. The fraction of sp³-hybridized carbons (Fsp3) is 0.350. The first-order chi connectivity index (χ1) is 13.5. The zero-order valence-electron chi connectivity index (χ0n) is 15.9. The minimum atomic E-state index is -0.453. The molecule has 3 rings (SSSR count). The maximum Gasteiger partial charge on any atom is 0.332 e. The summed E-state index contributed by atoms with van der Waals surface area (Å²) >= 11 is 1.28. The van der Waals surface area contributed by atoms with Crippen molar-refractivity contribution in [3.8, 4) is 5.75 Å². The van der Waals surface area contributed by atoms with Crippen LogP contribution in [0.25, 0.3) is 10.2 Å². The second-order valence-electron chi connectivity index (χ2n) is 6.32. The lowest BCUT2D eigenvalue weighted by atomic mass is 10.3. The van der Waals surface area contributed by atoms with Crippen molar-refractivity contribution < 1.29 is 9.53 Å². The van der Waals surface area contributed by atoms with Crippen LogP contribution in [0.4, 0.5) is 5.69 Å². The number of fused-ring (bicyclic) bond motifs is 1. The Morgan fingerprint density at radius 3 is 2.54 bits per heavy atom. The Morgan fingerprint density at radius 2 is 1.86 bits per heavy atom. The fourth-order valence-electron chi connectivity index (χ4n) is 2.94. The highest BCUT2D eigenvalue weighted by Crippen LogP contribution is 2.17. The largest absolute Gasteiger partial charge is 0.494 e. The van der Waals surface area contributed by atoms with Gasteiger partial charge in [-0.1, -0.05) is 13.3 Å². The van der Waals surface area contributed by atoms with E-state index in [0.717, 1.165) is 18.6 Å². The van der Waals surface area contributed by atoms with Crippen LogP contribution in [-0.4, -0.2) is 21.6 Å². The number of carbonyl (C=O) groups is 1. The van der Waals surface area contributed by atoms with E-state index in [0.29, 0.717) is 29.1 Å². The molecule has 28 heavy (non-hydrogen) atoms. The van der Waals surface area contributed by atoms with Gasteiger partial charge in [0.25, 0.3) is 5.56 Å². The van der Waals surface area contributed by atoms with E-state index >= 15 is 0 Å². The molecule has 1 amide bonds. The van der Waals surface area contributed by atoms with Crippen molar-refractivity contribution in [3.63, 3.8) is 0 Å². The van der Waals surface area contributed by atoms with Gasteiger partial charge in [-0.05, 0) is 49.1 Å². The summed E-state index contributed by atoms with van der Waals surface area (Å²) in [6.45, 7) is 4.66. The van der Waals surface area contributed by atoms with Crippen molar-refractivity contribution in [2.75, 3.05) is 11.9 Å². The average molecular weight is 401 g/mol. The Morgan fingerprint density at radius 1 is 1.11 bits per heavy atom. The predicted molar refractivity (Wildman–Crippen MR) is 111 cm³/mol. The molecule has 0 saturated heterocycles. The van der Waals surface area contributed by atoms with E-state index in [2.05, 4.69) is 5.32 Å². The summed E-state index contributed by atoms with van der Waals surface area (Å²) in [6.07, 6.45) is 1.59. The summed E-state index contributed by atoms with van der Waals surface area (Å²) in [5.74, 6) is 0.388. The fourth-order valence-corrected chi connectivity index (χ4v) is 3.79. The van der Waals surface area contributed by atoms with Crippen LogP contribution in [0.15, 0.2) is 45.3 Å². The first kappa shape index (κ1) is 19.9. The second kappa shape index (κ2) is 8.88. The molecule has 7 nitrogen and oxygen atoms in total. The Hall–Kier alpha value is -2.87. The van der Waals surface area contributed by atoms with E-state index in [9.17, 15) is 14.4 Å². The van der Waals surface area contributed by atoms with Gasteiger partial charge in [0.1, 0.15) is 17.0 Å². The van der Waals surface area contributed by atoms with E-state index in [1.807, 2.05) is 13.8 Å². The van der Waals surface area contributed by atoms with Gasteiger partial charge in [-0.2, -0.15) is 0 Å². The summed E-state index contributed by atoms with van der Waals surface area (Å²) in [7, 11) is 0. The number of nitrogens with zero attached hydrogens (tertiary/aromatic N) is 2. The van der Waals surface area contributed by atoms with Crippen LogP contribution in [0.3, 0.4) is 0 Å². The maximum absolute atomic E-state index is 12.8. The van der Waals surface area contributed by atoms with Crippen LogP contribution in [0.5, 0.6) is 5.75 Å². The van der Waals surface area contributed by atoms with Gasteiger partial charge in [0.05, 0.1) is 12.1 Å². The van der Waals surface area contributed by atoms with Crippen LogP contribution < -0.4 is 21.3 Å². The number of carbonyl (C=O) groups excluding carboxylic acids is 1. The molecule has 0 aliphatic carbocycles. The summed E-state index contributed by atoms with van der Waals surface area (Å²) in [5, 5.41) is 4.54. The quantitative estimate of drug-likeness (QED) is 0.629. The molecule has 8 heteroatoms. The number of amides is 1. The lowest BCUT2D eigenvalue weighted by molar-refractivity contribution is -0.116. The molecule has 0 unspecified atom stereocenters. The van der Waals surface area contributed by atoms with Gasteiger partial charge < -0.3 is 10.1 Å². The van der Waals surface area contributed by atoms with E-state index < -0.39 is 5.69 Å². The molecule has 0 atom stereocenters. The van der Waals surface area contributed by atoms with Crippen LogP contribution >= 0.6 is 11.3 Å². The van der Waals surface area contributed by atoms with Crippen molar-refractivity contribution in [1.29, 1.82) is 0 Å². The third-order valence-corrected chi connectivity index (χ3v) is 5.21. The van der Waals surface area contributed by atoms with Gasteiger partial charge in [-0.15, -0.1) is 11.3 Å². The number of aromatic nitrogens is 2. The number of rotatable bonds is 8. The highest BCUT2D eigenvalue weighted by atomic mass is 32.1. The Kier molecular flexibility index (Phi) is 6.30. The Labute approximate surface area is 166 Å².